The summed E-state index contributed by atoms with van der Waals surface area (Å²) in [6.45, 7) is 9.16. The summed E-state index contributed by atoms with van der Waals surface area (Å²) in [5.41, 5.74) is -1.27. The molecule has 14 heavy (non-hydrogen) atoms. The number of nitrogens with zero attached hydrogens (tertiary/aromatic N) is 2. The van der Waals surface area contributed by atoms with Crippen molar-refractivity contribution >= 4 is 0 Å². The number of methoxy groups -OCH3 is 1. The van der Waals surface area contributed by atoms with E-state index in [4.69, 9.17) is 4.74 Å². The van der Waals surface area contributed by atoms with Crippen molar-refractivity contribution in [3.05, 3.63) is 0 Å². The number of hydrogen-bond donors (Lipinski definition) is 1. The lowest BCUT2D eigenvalue weighted by molar-refractivity contribution is 0.00971. The fourth-order valence-electron chi connectivity index (χ4n) is 1.08. The smallest absolute Gasteiger partial charge is 0.170 e. The van der Waals surface area contributed by atoms with E-state index in [2.05, 4.69) is 10.2 Å². The molecule has 0 aliphatic rings. The first kappa shape index (κ1) is 13.5. The summed E-state index contributed by atoms with van der Waals surface area (Å²) in [5, 5.41) is 17.2. The highest BCUT2D eigenvalue weighted by Gasteiger charge is 2.20. The molecular weight excluding hydrogens is 180 g/mol. The molecule has 0 saturated heterocycles. The molecule has 0 radical (unpaired) electrons. The Morgan fingerprint density at radius 1 is 1.29 bits per heavy atom. The van der Waals surface area contributed by atoms with Gasteiger partial charge in [-0.2, -0.15) is 10.2 Å². The van der Waals surface area contributed by atoms with Gasteiger partial charge in [-0.15, -0.1) is 0 Å². The van der Waals surface area contributed by atoms with E-state index in [9.17, 15) is 5.11 Å². The predicted molar refractivity (Wildman–Crippen MR) is 56.3 cm³/mol. The van der Waals surface area contributed by atoms with E-state index in [-0.39, 0.29) is 11.6 Å². The maximum Gasteiger partial charge on any atom is 0.170 e. The van der Waals surface area contributed by atoms with Crippen molar-refractivity contribution in [3.63, 3.8) is 0 Å². The maximum absolute atomic E-state index is 9.33. The van der Waals surface area contributed by atoms with Gasteiger partial charge in [-0.05, 0) is 41.0 Å². The van der Waals surface area contributed by atoms with Gasteiger partial charge in [0.2, 0.25) is 0 Å². The van der Waals surface area contributed by atoms with Gasteiger partial charge in [0, 0.05) is 7.11 Å². The molecule has 0 aromatic heterocycles. The van der Waals surface area contributed by atoms with Gasteiger partial charge in [0.05, 0.1) is 11.6 Å². The van der Waals surface area contributed by atoms with Crippen LogP contribution in [0.2, 0.25) is 0 Å². The van der Waals surface area contributed by atoms with Crippen LogP contribution in [-0.2, 0) is 4.74 Å². The minimum atomic E-state index is -1.08. The van der Waals surface area contributed by atoms with E-state index in [0.717, 1.165) is 6.42 Å². The molecule has 0 rings (SSSR count). The quantitative estimate of drug-likeness (QED) is 0.696. The SMILES string of the molecule is COC(C)(C)CC(C)/N=N/C(C)(C)O. The molecule has 1 atom stereocenters. The molecule has 0 bridgehead atoms. The molecule has 1 N–H and O–H groups in total. The molecule has 0 fully saturated rings. The lowest BCUT2D eigenvalue weighted by atomic mass is 10.0. The van der Waals surface area contributed by atoms with Crippen LogP contribution in [-0.4, -0.2) is 29.6 Å². The predicted octanol–water partition coefficient (Wildman–Crippen LogP) is 2.37. The zero-order valence-corrected chi connectivity index (χ0v) is 10.0. The van der Waals surface area contributed by atoms with Crippen molar-refractivity contribution in [2.75, 3.05) is 7.11 Å². The molecular formula is C10H22N2O2. The van der Waals surface area contributed by atoms with Gasteiger partial charge in [0.15, 0.2) is 5.72 Å². The van der Waals surface area contributed by atoms with Gasteiger partial charge in [-0.3, -0.25) is 0 Å². The van der Waals surface area contributed by atoms with E-state index in [0.29, 0.717) is 0 Å². The zero-order chi connectivity index (χ0) is 11.4. The number of hydrogen-bond acceptors (Lipinski definition) is 4. The van der Waals surface area contributed by atoms with E-state index >= 15 is 0 Å². The van der Waals surface area contributed by atoms with Crippen LogP contribution in [0, 0.1) is 0 Å². The van der Waals surface area contributed by atoms with E-state index in [1.54, 1.807) is 21.0 Å². The third kappa shape index (κ3) is 6.97. The second kappa shape index (κ2) is 4.84. The Labute approximate surface area is 86.4 Å². The minimum Gasteiger partial charge on any atom is -0.379 e. The Hall–Kier alpha value is -0.480. The molecule has 84 valence electrons. The maximum atomic E-state index is 9.33. The Morgan fingerprint density at radius 2 is 1.79 bits per heavy atom. The molecule has 0 saturated carbocycles. The summed E-state index contributed by atoms with van der Waals surface area (Å²) in [6.07, 6.45) is 0.781. The highest BCUT2D eigenvalue weighted by molar-refractivity contribution is 4.74. The van der Waals surface area contributed by atoms with Crippen LogP contribution in [0.5, 0.6) is 0 Å². The average molecular weight is 202 g/mol. The van der Waals surface area contributed by atoms with Crippen LogP contribution in [0.3, 0.4) is 0 Å². The van der Waals surface area contributed by atoms with E-state index in [1.165, 1.54) is 0 Å². The third-order valence-electron chi connectivity index (χ3n) is 1.84. The van der Waals surface area contributed by atoms with Gasteiger partial charge < -0.3 is 9.84 Å². The van der Waals surface area contributed by atoms with Crippen LogP contribution in [0.4, 0.5) is 0 Å². The van der Waals surface area contributed by atoms with Gasteiger partial charge in [0.1, 0.15) is 0 Å². The van der Waals surface area contributed by atoms with Crippen LogP contribution in [0.1, 0.15) is 41.0 Å². The monoisotopic (exact) mass is 202 g/mol. The Morgan fingerprint density at radius 3 is 2.14 bits per heavy atom. The lowest BCUT2D eigenvalue weighted by Crippen LogP contribution is -2.27. The van der Waals surface area contributed by atoms with Crippen molar-refractivity contribution in [2.45, 2.75) is 58.4 Å². The molecule has 0 aliphatic carbocycles. The highest BCUT2D eigenvalue weighted by Crippen LogP contribution is 2.18. The number of azo groups is 1. The number of ether oxygens (including phenoxy) is 1. The third-order valence-corrected chi connectivity index (χ3v) is 1.84. The van der Waals surface area contributed by atoms with Crippen molar-refractivity contribution in [3.8, 4) is 0 Å². The molecule has 1 unspecified atom stereocenters. The highest BCUT2D eigenvalue weighted by atomic mass is 16.5. The molecule has 0 aromatic carbocycles. The van der Waals surface area contributed by atoms with Gasteiger partial charge in [0.25, 0.3) is 0 Å². The Kier molecular flexibility index (Phi) is 4.68. The molecule has 0 aliphatic heterocycles. The first-order valence-electron chi connectivity index (χ1n) is 4.86. The fourth-order valence-corrected chi connectivity index (χ4v) is 1.08. The second-order valence-corrected chi connectivity index (χ2v) is 4.73. The van der Waals surface area contributed by atoms with Crippen molar-refractivity contribution < 1.29 is 9.84 Å². The molecule has 4 nitrogen and oxygen atoms in total. The zero-order valence-electron chi connectivity index (χ0n) is 10.0. The van der Waals surface area contributed by atoms with Gasteiger partial charge in [-0.25, -0.2) is 0 Å². The normalized spacial score (nSPS) is 16.2. The Balaban J connectivity index is 4.11. The molecule has 0 spiro atoms. The van der Waals surface area contributed by atoms with E-state index < -0.39 is 5.72 Å². The van der Waals surface area contributed by atoms with Gasteiger partial charge >= 0.3 is 0 Å². The lowest BCUT2D eigenvalue weighted by Gasteiger charge is -2.24. The molecule has 4 heteroatoms. The largest absolute Gasteiger partial charge is 0.379 e. The fraction of sp³-hybridized carbons (Fsp3) is 1.00. The van der Waals surface area contributed by atoms with Crippen molar-refractivity contribution in [2.24, 2.45) is 10.2 Å². The summed E-state index contributed by atoms with van der Waals surface area (Å²) < 4.78 is 5.28. The second-order valence-electron chi connectivity index (χ2n) is 4.73. The summed E-state index contributed by atoms with van der Waals surface area (Å²) in [4.78, 5) is 0. The minimum absolute atomic E-state index is 0.0522. The Bertz CT molecular complexity index is 195. The van der Waals surface area contributed by atoms with Crippen molar-refractivity contribution in [1.29, 1.82) is 0 Å². The van der Waals surface area contributed by atoms with Gasteiger partial charge in [-0.1, -0.05) is 0 Å². The van der Waals surface area contributed by atoms with Crippen LogP contribution >= 0.6 is 0 Å². The summed E-state index contributed by atoms with van der Waals surface area (Å²) >= 11 is 0. The average Bonchev–Trinajstić information content (AvgIpc) is 1.99. The summed E-state index contributed by atoms with van der Waals surface area (Å²) in [5.74, 6) is 0. The molecule has 0 heterocycles. The molecule has 0 amide bonds. The van der Waals surface area contributed by atoms with Crippen LogP contribution in [0.15, 0.2) is 10.2 Å². The number of rotatable bonds is 5. The first-order valence-corrected chi connectivity index (χ1v) is 4.86. The summed E-state index contributed by atoms with van der Waals surface area (Å²) in [6, 6.07) is 0.0522. The first-order chi connectivity index (χ1) is 6.16. The van der Waals surface area contributed by atoms with Crippen LogP contribution in [0.25, 0.3) is 0 Å². The van der Waals surface area contributed by atoms with Crippen molar-refractivity contribution in [1.82, 2.24) is 0 Å². The molecule has 0 aromatic rings. The summed E-state index contributed by atoms with van der Waals surface area (Å²) in [7, 11) is 1.68. The number of aliphatic hydroxyl groups is 1. The van der Waals surface area contributed by atoms with E-state index in [1.807, 2.05) is 20.8 Å². The topological polar surface area (TPSA) is 54.2 Å². The standard InChI is InChI=1S/C10H22N2O2/c1-8(7-9(2,3)14-6)11-12-10(4,5)13/h8,13H,7H2,1-6H3/b12-11+. The van der Waals surface area contributed by atoms with Crippen LogP contribution < -0.4 is 0 Å².